The molecule has 4 aromatic rings. The predicted molar refractivity (Wildman–Crippen MR) is 92.3 cm³/mol. The van der Waals surface area contributed by atoms with E-state index in [4.69, 9.17) is 0 Å². The molecule has 0 saturated heterocycles. The standard InChI is InChI=1S/C17H11N7O2/c18-8-15-22-23(9-16(25)21-14-5-6-19-10-20-14)17(26)13-7-11-3-1-2-4-12(11)24(13)15/h1-7,10H,9H2,(H,19,20,21,25). The molecule has 1 amide bonds. The summed E-state index contributed by atoms with van der Waals surface area (Å²) in [5, 5.41) is 16.8. The summed E-state index contributed by atoms with van der Waals surface area (Å²) < 4.78 is 2.47. The van der Waals surface area contributed by atoms with Crippen LogP contribution in [0.4, 0.5) is 5.82 Å². The van der Waals surface area contributed by atoms with Crippen molar-refractivity contribution in [2.75, 3.05) is 5.32 Å². The number of benzene rings is 1. The first-order chi connectivity index (χ1) is 12.7. The van der Waals surface area contributed by atoms with Crippen molar-refractivity contribution in [2.24, 2.45) is 0 Å². The van der Waals surface area contributed by atoms with E-state index in [0.717, 1.165) is 10.1 Å². The van der Waals surface area contributed by atoms with Gasteiger partial charge in [-0.25, -0.2) is 14.6 Å². The van der Waals surface area contributed by atoms with E-state index in [2.05, 4.69) is 20.4 Å². The minimum atomic E-state index is -0.484. The number of nitrogens with one attached hydrogen (secondary N) is 1. The number of carbonyl (C=O) groups is 1. The molecule has 0 aliphatic rings. The van der Waals surface area contributed by atoms with Crippen molar-refractivity contribution in [1.29, 1.82) is 5.26 Å². The maximum Gasteiger partial charge on any atom is 0.291 e. The van der Waals surface area contributed by atoms with Gasteiger partial charge in [-0.15, -0.1) is 5.10 Å². The van der Waals surface area contributed by atoms with Gasteiger partial charge >= 0.3 is 0 Å². The molecule has 9 nitrogen and oxygen atoms in total. The van der Waals surface area contributed by atoms with E-state index in [1.165, 1.54) is 23.0 Å². The summed E-state index contributed by atoms with van der Waals surface area (Å²) in [6.45, 7) is -0.338. The Balaban J connectivity index is 1.78. The lowest BCUT2D eigenvalue weighted by molar-refractivity contribution is -0.117. The highest BCUT2D eigenvalue weighted by Gasteiger charge is 2.16. The molecule has 0 unspecified atom stereocenters. The van der Waals surface area contributed by atoms with Crippen LogP contribution in [0.25, 0.3) is 16.4 Å². The number of hydrogen-bond acceptors (Lipinski definition) is 6. The Morgan fingerprint density at radius 2 is 2.08 bits per heavy atom. The van der Waals surface area contributed by atoms with Crippen LogP contribution in [0.5, 0.6) is 0 Å². The first-order valence-corrected chi connectivity index (χ1v) is 7.64. The number of carbonyl (C=O) groups excluding carboxylic acids is 1. The fourth-order valence-electron chi connectivity index (χ4n) is 2.74. The van der Waals surface area contributed by atoms with Gasteiger partial charge in [-0.1, -0.05) is 18.2 Å². The summed E-state index contributed by atoms with van der Waals surface area (Å²) >= 11 is 0. The van der Waals surface area contributed by atoms with E-state index < -0.39 is 11.5 Å². The smallest absolute Gasteiger partial charge is 0.291 e. The minimum absolute atomic E-state index is 0.0237. The van der Waals surface area contributed by atoms with Crippen LogP contribution >= 0.6 is 0 Å². The van der Waals surface area contributed by atoms with Gasteiger partial charge in [0, 0.05) is 11.6 Å². The largest absolute Gasteiger partial charge is 0.309 e. The number of rotatable bonds is 3. The van der Waals surface area contributed by atoms with Crippen LogP contribution < -0.4 is 10.9 Å². The van der Waals surface area contributed by atoms with Crippen molar-refractivity contribution in [1.82, 2.24) is 24.1 Å². The van der Waals surface area contributed by atoms with Crippen molar-refractivity contribution in [2.45, 2.75) is 6.54 Å². The molecule has 3 heterocycles. The second-order valence-electron chi connectivity index (χ2n) is 5.46. The summed E-state index contributed by atoms with van der Waals surface area (Å²) in [6, 6.07) is 12.5. The van der Waals surface area contributed by atoms with Gasteiger partial charge in [0.15, 0.2) is 0 Å². The first-order valence-electron chi connectivity index (χ1n) is 7.64. The van der Waals surface area contributed by atoms with Crippen molar-refractivity contribution in [3.05, 3.63) is 65.1 Å². The molecular weight excluding hydrogens is 334 g/mol. The van der Waals surface area contributed by atoms with Crippen molar-refractivity contribution in [3.63, 3.8) is 0 Å². The van der Waals surface area contributed by atoms with Gasteiger partial charge in [0.25, 0.3) is 5.56 Å². The van der Waals surface area contributed by atoms with Crippen LogP contribution in [0.3, 0.4) is 0 Å². The Labute approximate surface area is 146 Å². The summed E-state index contributed by atoms with van der Waals surface area (Å²) in [5.41, 5.74) is 0.534. The number of amides is 1. The number of nitrogens with zero attached hydrogens (tertiary/aromatic N) is 6. The lowest BCUT2D eigenvalue weighted by atomic mass is 10.2. The van der Waals surface area contributed by atoms with Crippen molar-refractivity contribution in [3.8, 4) is 6.07 Å². The summed E-state index contributed by atoms with van der Waals surface area (Å²) in [4.78, 5) is 32.5. The highest BCUT2D eigenvalue weighted by atomic mass is 16.2. The van der Waals surface area contributed by atoms with Gasteiger partial charge in [0.1, 0.15) is 30.3 Å². The molecule has 0 saturated carbocycles. The van der Waals surface area contributed by atoms with E-state index in [1.54, 1.807) is 12.1 Å². The molecule has 0 atom stereocenters. The topological polar surface area (TPSA) is 118 Å². The fourth-order valence-corrected chi connectivity index (χ4v) is 2.74. The van der Waals surface area contributed by atoms with E-state index >= 15 is 0 Å². The summed E-state index contributed by atoms with van der Waals surface area (Å²) in [5.74, 6) is -0.147. The summed E-state index contributed by atoms with van der Waals surface area (Å²) in [7, 11) is 0. The zero-order chi connectivity index (χ0) is 18.1. The Bertz CT molecular complexity index is 1240. The maximum atomic E-state index is 12.7. The van der Waals surface area contributed by atoms with Gasteiger partial charge in [-0.2, -0.15) is 5.26 Å². The van der Waals surface area contributed by atoms with Crippen molar-refractivity contribution >= 4 is 28.1 Å². The molecule has 9 heteroatoms. The SMILES string of the molecule is N#Cc1nn(CC(=O)Nc2ccncn2)c(=O)c2cc3ccccc3n12. The van der Waals surface area contributed by atoms with Crippen LogP contribution in [0.2, 0.25) is 0 Å². The van der Waals surface area contributed by atoms with E-state index in [-0.39, 0.29) is 17.9 Å². The Hall–Kier alpha value is -4.06. The monoisotopic (exact) mass is 345 g/mol. The molecule has 4 rings (SSSR count). The number of aromatic nitrogens is 5. The number of anilines is 1. The molecule has 26 heavy (non-hydrogen) atoms. The molecule has 3 aromatic heterocycles. The number of fused-ring (bicyclic) bond motifs is 3. The molecule has 1 N–H and O–H groups in total. The highest BCUT2D eigenvalue weighted by molar-refractivity contribution is 5.90. The Kier molecular flexibility index (Phi) is 3.63. The predicted octanol–water partition coefficient (Wildman–Crippen LogP) is 0.950. The van der Waals surface area contributed by atoms with Gasteiger partial charge < -0.3 is 5.32 Å². The zero-order valence-electron chi connectivity index (χ0n) is 13.3. The molecule has 126 valence electrons. The normalized spacial score (nSPS) is 10.7. The van der Waals surface area contributed by atoms with E-state index in [9.17, 15) is 14.9 Å². The molecule has 0 bridgehead atoms. The van der Waals surface area contributed by atoms with Gasteiger partial charge in [-0.3, -0.25) is 14.0 Å². The van der Waals surface area contributed by atoms with Crippen molar-refractivity contribution < 1.29 is 4.79 Å². The zero-order valence-corrected chi connectivity index (χ0v) is 13.3. The molecular formula is C17H11N7O2. The second-order valence-corrected chi connectivity index (χ2v) is 5.46. The maximum absolute atomic E-state index is 12.7. The third-order valence-electron chi connectivity index (χ3n) is 3.83. The molecule has 0 aliphatic heterocycles. The van der Waals surface area contributed by atoms with Crippen LogP contribution in [0.15, 0.2) is 53.7 Å². The number of para-hydroxylation sites is 1. The second kappa shape index (κ2) is 6.10. The minimum Gasteiger partial charge on any atom is -0.309 e. The lowest BCUT2D eigenvalue weighted by Crippen LogP contribution is -2.31. The Morgan fingerprint density at radius 3 is 2.85 bits per heavy atom. The number of hydrogen-bond donors (Lipinski definition) is 1. The molecule has 0 fully saturated rings. The van der Waals surface area contributed by atoms with Gasteiger partial charge in [-0.05, 0) is 18.2 Å². The van der Waals surface area contributed by atoms with E-state index in [1.807, 2.05) is 24.3 Å². The number of nitriles is 1. The lowest BCUT2D eigenvalue weighted by Gasteiger charge is -2.07. The molecule has 1 aromatic carbocycles. The van der Waals surface area contributed by atoms with Crippen LogP contribution in [0, 0.1) is 11.3 Å². The van der Waals surface area contributed by atoms with Gasteiger partial charge in [0.05, 0.1) is 5.52 Å². The third-order valence-corrected chi connectivity index (χ3v) is 3.83. The molecule has 0 aliphatic carbocycles. The average Bonchev–Trinajstić information content (AvgIpc) is 3.05. The average molecular weight is 345 g/mol. The van der Waals surface area contributed by atoms with Crippen LogP contribution in [0.1, 0.15) is 5.82 Å². The quantitative estimate of drug-likeness (QED) is 0.590. The van der Waals surface area contributed by atoms with Gasteiger partial charge in [0.2, 0.25) is 11.7 Å². The summed E-state index contributed by atoms with van der Waals surface area (Å²) in [6.07, 6.45) is 2.78. The van der Waals surface area contributed by atoms with E-state index in [0.29, 0.717) is 11.3 Å². The Morgan fingerprint density at radius 1 is 1.23 bits per heavy atom. The fraction of sp³-hybridized carbons (Fsp3) is 0.0588. The third kappa shape index (κ3) is 2.55. The molecule has 0 radical (unpaired) electrons. The van der Waals surface area contributed by atoms with Crippen LogP contribution in [-0.2, 0) is 11.3 Å². The first kappa shape index (κ1) is 15.5. The highest BCUT2D eigenvalue weighted by Crippen LogP contribution is 2.18. The van der Waals surface area contributed by atoms with Crippen LogP contribution in [-0.4, -0.2) is 30.1 Å². The molecule has 0 spiro atoms.